The van der Waals surface area contributed by atoms with Gasteiger partial charge < -0.3 is 15.2 Å². The Hall–Kier alpha value is -2.41. The van der Waals surface area contributed by atoms with Gasteiger partial charge in [-0.3, -0.25) is 0 Å². The largest absolute Gasteiger partial charge is 0.383 e. The van der Waals surface area contributed by atoms with Gasteiger partial charge in [0.2, 0.25) is 0 Å². The van der Waals surface area contributed by atoms with E-state index in [2.05, 4.69) is 35.1 Å². The number of nitrogens with two attached hydrogens (primary N) is 1. The van der Waals surface area contributed by atoms with Crippen molar-refractivity contribution < 1.29 is 0 Å². The summed E-state index contributed by atoms with van der Waals surface area (Å²) in [5, 5.41) is 0. The highest BCUT2D eigenvalue weighted by molar-refractivity contribution is 5.73. The molecule has 1 aliphatic rings. The molecule has 0 bridgehead atoms. The van der Waals surface area contributed by atoms with Crippen LogP contribution in [0.2, 0.25) is 0 Å². The molecule has 2 N–H and O–H groups in total. The third kappa shape index (κ3) is 2.47. The molecule has 4 nitrogen and oxygen atoms in total. The number of hydrogen-bond acceptors (Lipinski definition) is 3. The van der Waals surface area contributed by atoms with Crippen LogP contribution in [0.3, 0.4) is 0 Å². The van der Waals surface area contributed by atoms with Crippen molar-refractivity contribution in [2.24, 2.45) is 0 Å². The number of anilines is 2. The first-order valence-corrected chi connectivity index (χ1v) is 7.19. The van der Waals surface area contributed by atoms with Gasteiger partial charge in [-0.1, -0.05) is 18.1 Å². The van der Waals surface area contributed by atoms with E-state index >= 15 is 0 Å². The number of aromatic nitrogens is 2. The second-order valence-corrected chi connectivity index (χ2v) is 5.71. The Labute approximate surface area is 125 Å². The van der Waals surface area contributed by atoms with Crippen LogP contribution in [0.15, 0.2) is 24.3 Å². The van der Waals surface area contributed by atoms with Crippen molar-refractivity contribution in [2.45, 2.75) is 25.3 Å². The van der Waals surface area contributed by atoms with Crippen molar-refractivity contribution in [3.05, 3.63) is 30.1 Å². The second kappa shape index (κ2) is 5.17. The Balaban J connectivity index is 2.02. The van der Waals surface area contributed by atoms with Crippen LogP contribution >= 0.6 is 0 Å². The van der Waals surface area contributed by atoms with Crippen molar-refractivity contribution in [3.8, 4) is 23.6 Å². The van der Waals surface area contributed by atoms with E-state index < -0.39 is 0 Å². The zero-order valence-corrected chi connectivity index (χ0v) is 12.5. The molecule has 1 heterocycles. The Kier molecular flexibility index (Phi) is 3.34. The van der Waals surface area contributed by atoms with E-state index in [9.17, 15) is 0 Å². The minimum absolute atomic E-state index is 0.487. The SMILES string of the molecule is C#CCn1c(C2CC2)nc(-c2ccc(N(C)C)cc2)c1N. The van der Waals surface area contributed by atoms with Crippen LogP contribution in [0.4, 0.5) is 11.5 Å². The molecule has 0 atom stereocenters. The second-order valence-electron chi connectivity index (χ2n) is 5.71. The molecule has 0 amide bonds. The van der Waals surface area contributed by atoms with E-state index in [4.69, 9.17) is 17.1 Å². The summed E-state index contributed by atoms with van der Waals surface area (Å²) in [5.41, 5.74) is 9.32. The molecule has 0 aliphatic heterocycles. The molecular formula is C17H20N4. The molecule has 21 heavy (non-hydrogen) atoms. The van der Waals surface area contributed by atoms with Gasteiger partial charge in [0.15, 0.2) is 0 Å². The lowest BCUT2D eigenvalue weighted by Gasteiger charge is -2.12. The fourth-order valence-electron chi connectivity index (χ4n) is 2.52. The van der Waals surface area contributed by atoms with Gasteiger partial charge in [0.1, 0.15) is 17.3 Å². The van der Waals surface area contributed by atoms with E-state index in [-0.39, 0.29) is 0 Å². The van der Waals surface area contributed by atoms with Crippen LogP contribution in [-0.2, 0) is 6.54 Å². The lowest BCUT2D eigenvalue weighted by Crippen LogP contribution is -2.08. The number of benzene rings is 1. The number of rotatable bonds is 4. The standard InChI is InChI=1S/C17H20N4/c1-4-11-21-16(18)15(19-17(21)13-5-6-13)12-7-9-14(10-8-12)20(2)3/h1,7-10,13H,5-6,11,18H2,2-3H3. The molecule has 2 aromatic rings. The van der Waals surface area contributed by atoms with Crippen molar-refractivity contribution in [1.29, 1.82) is 0 Å². The van der Waals surface area contributed by atoms with Gasteiger partial charge in [0.25, 0.3) is 0 Å². The van der Waals surface area contributed by atoms with Crippen LogP contribution in [0, 0.1) is 12.3 Å². The molecule has 1 fully saturated rings. The molecule has 1 aromatic heterocycles. The Morgan fingerprint density at radius 1 is 1.33 bits per heavy atom. The van der Waals surface area contributed by atoms with Crippen LogP contribution in [0.25, 0.3) is 11.3 Å². The van der Waals surface area contributed by atoms with Gasteiger partial charge in [0, 0.05) is 31.3 Å². The smallest absolute Gasteiger partial charge is 0.132 e. The third-order valence-corrected chi connectivity index (χ3v) is 3.89. The third-order valence-electron chi connectivity index (χ3n) is 3.89. The van der Waals surface area contributed by atoms with Gasteiger partial charge in [-0.15, -0.1) is 6.42 Å². The van der Waals surface area contributed by atoms with Gasteiger partial charge >= 0.3 is 0 Å². The average Bonchev–Trinajstić information content (AvgIpc) is 3.26. The maximum Gasteiger partial charge on any atom is 0.132 e. The molecule has 0 spiro atoms. The predicted octanol–water partition coefficient (Wildman–Crippen LogP) is 2.71. The van der Waals surface area contributed by atoms with Gasteiger partial charge in [-0.05, 0) is 25.0 Å². The van der Waals surface area contributed by atoms with Crippen molar-refractivity contribution in [1.82, 2.24) is 9.55 Å². The lowest BCUT2D eigenvalue weighted by molar-refractivity contribution is 0.762. The highest BCUT2D eigenvalue weighted by Crippen LogP contribution is 2.42. The van der Waals surface area contributed by atoms with Crippen LogP contribution in [-0.4, -0.2) is 23.6 Å². The van der Waals surface area contributed by atoms with Gasteiger partial charge in [-0.2, -0.15) is 0 Å². The van der Waals surface area contributed by atoms with Crippen molar-refractivity contribution in [3.63, 3.8) is 0 Å². The fourth-order valence-corrected chi connectivity index (χ4v) is 2.52. The zero-order valence-electron chi connectivity index (χ0n) is 12.5. The van der Waals surface area contributed by atoms with Crippen LogP contribution < -0.4 is 10.6 Å². The summed E-state index contributed by atoms with van der Waals surface area (Å²) in [5.74, 6) is 4.91. The quantitative estimate of drug-likeness (QED) is 0.876. The molecule has 0 radical (unpaired) electrons. The first-order chi connectivity index (χ1) is 10.1. The fraction of sp³-hybridized carbons (Fsp3) is 0.353. The predicted molar refractivity (Wildman–Crippen MR) is 87.2 cm³/mol. The van der Waals surface area contributed by atoms with Crippen molar-refractivity contribution in [2.75, 3.05) is 24.7 Å². The zero-order chi connectivity index (χ0) is 15.0. The average molecular weight is 280 g/mol. The summed E-state index contributed by atoms with van der Waals surface area (Å²) in [6.07, 6.45) is 7.82. The molecule has 108 valence electrons. The summed E-state index contributed by atoms with van der Waals surface area (Å²) in [7, 11) is 4.05. The number of terminal acetylenes is 1. The number of nitrogen functional groups attached to an aromatic ring is 1. The van der Waals surface area contributed by atoms with E-state index in [0.717, 1.165) is 22.8 Å². The van der Waals surface area contributed by atoms with Gasteiger partial charge in [0.05, 0.1) is 6.54 Å². The number of hydrogen-bond donors (Lipinski definition) is 1. The topological polar surface area (TPSA) is 47.1 Å². The Bertz CT molecular complexity index is 685. The summed E-state index contributed by atoms with van der Waals surface area (Å²) >= 11 is 0. The maximum absolute atomic E-state index is 6.28. The minimum Gasteiger partial charge on any atom is -0.383 e. The molecule has 3 rings (SSSR count). The molecule has 4 heteroatoms. The van der Waals surface area contributed by atoms with Crippen LogP contribution in [0.5, 0.6) is 0 Å². The highest BCUT2D eigenvalue weighted by Gasteiger charge is 2.30. The van der Waals surface area contributed by atoms with Crippen molar-refractivity contribution >= 4 is 11.5 Å². The number of nitrogens with zero attached hydrogens (tertiary/aromatic N) is 3. The van der Waals surface area contributed by atoms with Crippen LogP contribution in [0.1, 0.15) is 24.6 Å². The molecule has 1 aromatic carbocycles. The lowest BCUT2D eigenvalue weighted by atomic mass is 10.1. The maximum atomic E-state index is 6.28. The summed E-state index contributed by atoms with van der Waals surface area (Å²) in [4.78, 5) is 6.83. The van der Waals surface area contributed by atoms with E-state index in [1.54, 1.807) is 0 Å². The van der Waals surface area contributed by atoms with Gasteiger partial charge in [-0.25, -0.2) is 4.98 Å². The summed E-state index contributed by atoms with van der Waals surface area (Å²) in [6, 6.07) is 8.27. The van der Waals surface area contributed by atoms with E-state index in [0.29, 0.717) is 18.3 Å². The monoisotopic (exact) mass is 280 g/mol. The number of imidazole rings is 1. The minimum atomic E-state index is 0.487. The molecule has 0 saturated heterocycles. The first-order valence-electron chi connectivity index (χ1n) is 7.19. The highest BCUT2D eigenvalue weighted by atomic mass is 15.1. The normalized spacial score (nSPS) is 14.0. The molecule has 1 saturated carbocycles. The summed E-state index contributed by atoms with van der Waals surface area (Å²) in [6.45, 7) is 0.487. The first kappa shape index (κ1) is 13.6. The molecular weight excluding hydrogens is 260 g/mol. The molecule has 0 unspecified atom stereocenters. The van der Waals surface area contributed by atoms with E-state index in [1.165, 1.54) is 12.8 Å². The van der Waals surface area contributed by atoms with E-state index in [1.807, 2.05) is 18.7 Å². The molecule has 1 aliphatic carbocycles. The Morgan fingerprint density at radius 2 is 2.00 bits per heavy atom. The summed E-state index contributed by atoms with van der Waals surface area (Å²) < 4.78 is 1.98. The Morgan fingerprint density at radius 3 is 2.52 bits per heavy atom.